The van der Waals surface area contributed by atoms with Crippen LogP contribution in [0.5, 0.6) is 0 Å². The first-order valence-corrected chi connectivity index (χ1v) is 15.3. The van der Waals surface area contributed by atoms with Crippen molar-refractivity contribution in [2.24, 2.45) is 0 Å². The Bertz CT molecular complexity index is 1160. The number of esters is 1. The lowest BCUT2D eigenvalue weighted by Crippen LogP contribution is -2.16. The zero-order valence-electron chi connectivity index (χ0n) is 26.7. The van der Waals surface area contributed by atoms with E-state index in [0.717, 1.165) is 12.1 Å². The number of carbonyl (C=O) groups is 2. The van der Waals surface area contributed by atoms with Gasteiger partial charge in [-0.3, -0.25) is 0 Å². The monoisotopic (exact) mass is 691 g/mol. The van der Waals surface area contributed by atoms with Crippen LogP contribution in [-0.4, -0.2) is 129 Å². The average molecular weight is 692 g/mol. The number of ether oxygens (including phenoxy) is 9. The highest BCUT2D eigenvalue weighted by atomic mass is 19.4. The number of carboxylic acid groups (broad SMARTS) is 1. The quantitative estimate of drug-likeness (QED) is 0.0941. The summed E-state index contributed by atoms with van der Waals surface area (Å²) in [4.78, 5) is 22.8. The second-order valence-corrected chi connectivity index (χ2v) is 9.62. The van der Waals surface area contributed by atoms with Crippen molar-refractivity contribution < 1.29 is 70.5 Å². The van der Waals surface area contributed by atoms with Crippen LogP contribution in [0.25, 0.3) is 0 Å². The van der Waals surface area contributed by atoms with Gasteiger partial charge in [-0.05, 0) is 30.3 Å². The first-order chi connectivity index (χ1) is 23.3. The molecule has 0 atom stereocenters. The molecule has 2 aromatic carbocycles. The van der Waals surface area contributed by atoms with Crippen LogP contribution < -0.4 is 5.32 Å². The van der Waals surface area contributed by atoms with Crippen molar-refractivity contribution in [2.45, 2.75) is 6.18 Å². The highest BCUT2D eigenvalue weighted by molar-refractivity contribution is 5.96. The summed E-state index contributed by atoms with van der Waals surface area (Å²) >= 11 is 0. The fourth-order valence-corrected chi connectivity index (χ4v) is 3.67. The predicted molar refractivity (Wildman–Crippen MR) is 166 cm³/mol. The molecular formula is C32H44F3NO12. The number of aliphatic carboxylic acids is 1. The van der Waals surface area contributed by atoms with Crippen molar-refractivity contribution in [3.8, 4) is 0 Å². The predicted octanol–water partition coefficient (Wildman–Crippen LogP) is 3.82. The molecular weight excluding hydrogens is 647 g/mol. The van der Waals surface area contributed by atoms with Gasteiger partial charge in [-0.2, -0.15) is 13.2 Å². The third-order valence-electron chi connectivity index (χ3n) is 5.91. The molecule has 0 amide bonds. The lowest BCUT2D eigenvalue weighted by atomic mass is 10.1. The Balaban J connectivity index is 1.36. The lowest BCUT2D eigenvalue weighted by molar-refractivity contribution is -0.142. The summed E-state index contributed by atoms with van der Waals surface area (Å²) < 4.78 is 86.8. The number of nitrogens with one attached hydrogen (secondary N) is 1. The van der Waals surface area contributed by atoms with Gasteiger partial charge in [-0.1, -0.05) is 18.2 Å². The molecule has 0 saturated heterocycles. The minimum atomic E-state index is -4.48. The number of benzene rings is 2. The van der Waals surface area contributed by atoms with Crippen molar-refractivity contribution in [1.29, 1.82) is 0 Å². The maximum absolute atomic E-state index is 13.0. The Hall–Kier alpha value is -3.35. The maximum atomic E-state index is 13.0. The van der Waals surface area contributed by atoms with Gasteiger partial charge in [0.25, 0.3) is 0 Å². The number of carbonyl (C=O) groups excluding carboxylic acids is 1. The Morgan fingerprint density at radius 1 is 0.583 bits per heavy atom. The zero-order valence-corrected chi connectivity index (χ0v) is 26.7. The first kappa shape index (κ1) is 40.8. The summed E-state index contributed by atoms with van der Waals surface area (Å²) in [7, 11) is 0. The van der Waals surface area contributed by atoms with Crippen molar-refractivity contribution in [3.05, 3.63) is 59.7 Å². The Morgan fingerprint density at radius 2 is 1.02 bits per heavy atom. The Labute approximate surface area is 277 Å². The molecule has 0 aliphatic heterocycles. The van der Waals surface area contributed by atoms with E-state index < -0.39 is 23.7 Å². The molecule has 0 aliphatic rings. The molecule has 0 fully saturated rings. The van der Waals surface area contributed by atoms with Gasteiger partial charge in [0.1, 0.15) is 13.2 Å². The number of para-hydroxylation sites is 1. The van der Waals surface area contributed by atoms with Crippen LogP contribution in [-0.2, 0) is 53.6 Å². The second-order valence-electron chi connectivity index (χ2n) is 9.62. The van der Waals surface area contributed by atoms with Crippen LogP contribution >= 0.6 is 0 Å². The van der Waals surface area contributed by atoms with Crippen molar-refractivity contribution in [3.63, 3.8) is 0 Å². The van der Waals surface area contributed by atoms with E-state index in [2.05, 4.69) is 5.32 Å². The van der Waals surface area contributed by atoms with Gasteiger partial charge in [0, 0.05) is 5.69 Å². The smallest absolute Gasteiger partial charge is 0.416 e. The van der Waals surface area contributed by atoms with Crippen LogP contribution in [0, 0.1) is 0 Å². The molecule has 0 radical (unpaired) electrons. The van der Waals surface area contributed by atoms with Gasteiger partial charge in [-0.15, -0.1) is 0 Å². The molecule has 0 spiro atoms. The fourth-order valence-electron chi connectivity index (χ4n) is 3.67. The summed E-state index contributed by atoms with van der Waals surface area (Å²) in [6.07, 6.45) is -4.48. The highest BCUT2D eigenvalue weighted by Crippen LogP contribution is 2.32. The molecule has 0 aromatic heterocycles. The van der Waals surface area contributed by atoms with E-state index in [0.29, 0.717) is 91.6 Å². The number of rotatable bonds is 29. The van der Waals surface area contributed by atoms with Crippen LogP contribution in [0.1, 0.15) is 15.9 Å². The minimum Gasteiger partial charge on any atom is -0.480 e. The van der Waals surface area contributed by atoms with Gasteiger partial charge in [0.2, 0.25) is 0 Å². The summed E-state index contributed by atoms with van der Waals surface area (Å²) in [5.41, 5.74) is -0.115. The van der Waals surface area contributed by atoms with Gasteiger partial charge in [0.05, 0.1) is 116 Å². The highest BCUT2D eigenvalue weighted by Gasteiger charge is 2.30. The number of hydrogen-bond donors (Lipinski definition) is 2. The summed E-state index contributed by atoms with van der Waals surface area (Å²) in [6, 6.07) is 11.1. The summed E-state index contributed by atoms with van der Waals surface area (Å²) in [5, 5.41) is 11.3. The number of hydrogen-bond acceptors (Lipinski definition) is 12. The fraction of sp³-hybridized carbons (Fsp3) is 0.562. The number of alkyl halides is 3. The van der Waals surface area contributed by atoms with Gasteiger partial charge < -0.3 is 53.1 Å². The third-order valence-corrected chi connectivity index (χ3v) is 5.91. The van der Waals surface area contributed by atoms with E-state index in [1.807, 2.05) is 0 Å². The topological polar surface area (TPSA) is 149 Å². The van der Waals surface area contributed by atoms with Crippen LogP contribution in [0.15, 0.2) is 48.5 Å². The minimum absolute atomic E-state index is 0.00942. The van der Waals surface area contributed by atoms with E-state index in [1.165, 1.54) is 18.2 Å². The summed E-state index contributed by atoms with van der Waals surface area (Å²) in [6.45, 7) is 5.02. The van der Waals surface area contributed by atoms with Crippen molar-refractivity contribution in [1.82, 2.24) is 0 Å². The van der Waals surface area contributed by atoms with Gasteiger partial charge in [0.15, 0.2) is 0 Å². The normalized spacial score (nSPS) is 11.5. The molecule has 0 aliphatic carbocycles. The van der Waals surface area contributed by atoms with Crippen LogP contribution in [0.3, 0.4) is 0 Å². The van der Waals surface area contributed by atoms with Crippen LogP contribution in [0.4, 0.5) is 24.5 Å². The van der Waals surface area contributed by atoms with Crippen LogP contribution in [0.2, 0.25) is 0 Å². The van der Waals surface area contributed by atoms with Crippen molar-refractivity contribution in [2.75, 3.05) is 118 Å². The molecule has 0 heterocycles. The van der Waals surface area contributed by atoms with E-state index in [1.54, 1.807) is 18.2 Å². The molecule has 0 unspecified atom stereocenters. The molecule has 2 N–H and O–H groups in total. The molecule has 0 saturated carbocycles. The standard InChI is InChI=1S/C32H44F3NO12/c33-32(34,35)26-4-3-5-27(24-26)36-29-7-2-1-6-28(29)31(39)48-23-22-46-19-18-44-15-14-42-11-10-40-8-9-41-12-13-43-16-17-45-20-21-47-25-30(37)38/h1-7,24,36H,8-23,25H2,(H,37,38). The molecule has 2 aromatic rings. The van der Waals surface area contributed by atoms with Gasteiger partial charge in [-0.25, -0.2) is 9.59 Å². The van der Waals surface area contributed by atoms with E-state index in [9.17, 15) is 22.8 Å². The molecule has 13 nitrogen and oxygen atoms in total. The van der Waals surface area contributed by atoms with E-state index in [-0.39, 0.29) is 37.7 Å². The second kappa shape index (κ2) is 25.6. The summed E-state index contributed by atoms with van der Waals surface area (Å²) in [5.74, 6) is -1.65. The average Bonchev–Trinajstić information content (AvgIpc) is 3.06. The van der Waals surface area contributed by atoms with Gasteiger partial charge >= 0.3 is 18.1 Å². The van der Waals surface area contributed by atoms with E-state index in [4.69, 9.17) is 47.7 Å². The molecule has 0 bridgehead atoms. The number of carboxylic acids is 1. The lowest BCUT2D eigenvalue weighted by Gasteiger charge is -2.13. The molecule has 2 rings (SSSR count). The maximum Gasteiger partial charge on any atom is 0.416 e. The van der Waals surface area contributed by atoms with Crippen molar-refractivity contribution >= 4 is 23.3 Å². The number of anilines is 2. The molecule has 48 heavy (non-hydrogen) atoms. The SMILES string of the molecule is O=C(O)COCCOCCOCCOCCOCCOCCOCCOCCOC(=O)c1ccccc1Nc1cccc(C(F)(F)F)c1. The zero-order chi connectivity index (χ0) is 34.7. The Morgan fingerprint density at radius 3 is 1.48 bits per heavy atom. The van der Waals surface area contributed by atoms with E-state index >= 15 is 0 Å². The third kappa shape index (κ3) is 20.1. The molecule has 270 valence electrons. The Kier molecular flexibility index (Phi) is 21.8. The first-order valence-electron chi connectivity index (χ1n) is 15.3. The molecule has 16 heteroatoms. The largest absolute Gasteiger partial charge is 0.480 e. The number of halogens is 3.